The molecule has 6 nitrogen and oxygen atoms in total. The summed E-state index contributed by atoms with van der Waals surface area (Å²) in [6.07, 6.45) is 0.611. The number of urea groups is 1. The highest BCUT2D eigenvalue weighted by molar-refractivity contribution is 6.11. The van der Waals surface area contributed by atoms with Crippen LogP contribution in [0.3, 0.4) is 0 Å². The summed E-state index contributed by atoms with van der Waals surface area (Å²) in [6.45, 7) is 4.54. The lowest BCUT2D eigenvalue weighted by Gasteiger charge is -2.52. The van der Waals surface area contributed by atoms with Gasteiger partial charge in [-0.25, -0.2) is 4.79 Å². The summed E-state index contributed by atoms with van der Waals surface area (Å²) in [5.41, 5.74) is 1.86. The lowest BCUT2D eigenvalue weighted by molar-refractivity contribution is -0.141. The van der Waals surface area contributed by atoms with E-state index < -0.39 is 11.3 Å². The number of ether oxygens (including phenoxy) is 1. The molecule has 1 aliphatic heterocycles. The Morgan fingerprint density at radius 1 is 1.21 bits per heavy atom. The van der Waals surface area contributed by atoms with Crippen molar-refractivity contribution in [2.24, 2.45) is 5.41 Å². The molecule has 1 aromatic rings. The van der Waals surface area contributed by atoms with E-state index in [9.17, 15) is 14.4 Å². The number of ketones is 2. The average Bonchev–Trinajstić information content (AvgIpc) is 2.59. The summed E-state index contributed by atoms with van der Waals surface area (Å²) in [5, 5.41) is 0. The van der Waals surface area contributed by atoms with Gasteiger partial charge in [-0.2, -0.15) is 0 Å². The predicted molar refractivity (Wildman–Crippen MR) is 105 cm³/mol. The summed E-state index contributed by atoms with van der Waals surface area (Å²) in [7, 11) is 4.93. The van der Waals surface area contributed by atoms with Gasteiger partial charge in [0.25, 0.3) is 0 Å². The quantitative estimate of drug-likeness (QED) is 0.582. The fourth-order valence-electron chi connectivity index (χ4n) is 4.43. The standard InChI is InChI=1S/C22H26N2O4/c1-6-7-15-8-14(2)19(18(9-15)28-5)20-16(25)10-22(11-17(20)26)12-24(13-22)21(27)23(3)4/h8-9,20H,10-13H2,1-5H3. The smallest absolute Gasteiger partial charge is 0.319 e. The Balaban J connectivity index is 1.85. The largest absolute Gasteiger partial charge is 0.496 e. The maximum Gasteiger partial charge on any atom is 0.319 e. The van der Waals surface area contributed by atoms with Gasteiger partial charge in [-0.1, -0.05) is 5.92 Å². The number of benzene rings is 1. The molecule has 148 valence electrons. The zero-order chi connectivity index (χ0) is 20.6. The van der Waals surface area contributed by atoms with Gasteiger partial charge < -0.3 is 14.5 Å². The van der Waals surface area contributed by atoms with Crippen molar-refractivity contribution in [3.05, 3.63) is 28.8 Å². The second kappa shape index (κ2) is 7.31. The Hall–Kier alpha value is -2.81. The molecule has 3 rings (SSSR count). The molecule has 0 radical (unpaired) electrons. The normalized spacial score (nSPS) is 18.4. The van der Waals surface area contributed by atoms with E-state index in [4.69, 9.17) is 4.74 Å². The maximum atomic E-state index is 13.0. The average molecular weight is 382 g/mol. The van der Waals surface area contributed by atoms with E-state index in [1.165, 1.54) is 12.0 Å². The SMILES string of the molecule is CC#Cc1cc(C)c(C2C(=O)CC3(CC2=O)CN(C(=O)N(C)C)C3)c(OC)c1. The van der Waals surface area contributed by atoms with Gasteiger partial charge in [-0.3, -0.25) is 9.59 Å². The number of likely N-dealkylation sites (tertiary alicyclic amines) is 1. The van der Waals surface area contributed by atoms with Crippen molar-refractivity contribution in [3.8, 4) is 17.6 Å². The van der Waals surface area contributed by atoms with E-state index in [0.717, 1.165) is 11.1 Å². The minimum absolute atomic E-state index is 0.0854. The van der Waals surface area contributed by atoms with Gasteiger partial charge in [-0.05, 0) is 31.5 Å². The predicted octanol–water partition coefficient (Wildman–Crippen LogP) is 2.37. The number of methoxy groups -OCH3 is 1. The van der Waals surface area contributed by atoms with Crippen LogP contribution >= 0.6 is 0 Å². The maximum absolute atomic E-state index is 13.0. The molecule has 1 saturated heterocycles. The number of amides is 2. The monoisotopic (exact) mass is 382 g/mol. The number of nitrogens with zero attached hydrogens (tertiary/aromatic N) is 2. The lowest BCUT2D eigenvalue weighted by atomic mass is 9.63. The van der Waals surface area contributed by atoms with E-state index in [0.29, 0.717) is 37.2 Å². The lowest BCUT2D eigenvalue weighted by Crippen LogP contribution is -2.63. The molecule has 2 fully saturated rings. The second-order valence-electron chi connectivity index (χ2n) is 8.04. The van der Waals surface area contributed by atoms with E-state index in [1.807, 2.05) is 13.0 Å². The van der Waals surface area contributed by atoms with E-state index >= 15 is 0 Å². The van der Waals surface area contributed by atoms with Crippen LogP contribution in [-0.4, -0.2) is 61.7 Å². The summed E-state index contributed by atoms with van der Waals surface area (Å²) >= 11 is 0. The number of hydrogen-bond acceptors (Lipinski definition) is 4. The van der Waals surface area contributed by atoms with Crippen molar-refractivity contribution in [1.82, 2.24) is 9.80 Å². The molecule has 2 amide bonds. The molecule has 0 N–H and O–H groups in total. The molecule has 0 bridgehead atoms. The zero-order valence-electron chi connectivity index (χ0n) is 17.1. The second-order valence-corrected chi connectivity index (χ2v) is 8.04. The Morgan fingerprint density at radius 3 is 2.32 bits per heavy atom. The molecule has 0 aromatic heterocycles. The molecule has 1 spiro atoms. The van der Waals surface area contributed by atoms with Crippen LogP contribution in [0.15, 0.2) is 12.1 Å². The van der Waals surface area contributed by atoms with Crippen molar-refractivity contribution < 1.29 is 19.1 Å². The molecular weight excluding hydrogens is 356 g/mol. The van der Waals surface area contributed by atoms with Gasteiger partial charge in [0.05, 0.1) is 7.11 Å². The number of hydrogen-bond donors (Lipinski definition) is 0. The van der Waals surface area contributed by atoms with Crippen molar-refractivity contribution in [3.63, 3.8) is 0 Å². The fourth-order valence-corrected chi connectivity index (χ4v) is 4.43. The van der Waals surface area contributed by atoms with Crippen molar-refractivity contribution in [2.45, 2.75) is 32.6 Å². The molecule has 1 aromatic carbocycles. The highest BCUT2D eigenvalue weighted by atomic mass is 16.5. The number of Topliss-reactive ketones (excluding diaryl/α,β-unsaturated/α-hetero) is 2. The first-order valence-corrected chi connectivity index (χ1v) is 9.34. The van der Waals surface area contributed by atoms with Gasteiger partial charge in [-0.15, -0.1) is 5.92 Å². The summed E-state index contributed by atoms with van der Waals surface area (Å²) < 4.78 is 5.50. The molecule has 0 atom stereocenters. The molecule has 1 saturated carbocycles. The first-order chi connectivity index (χ1) is 13.2. The van der Waals surface area contributed by atoms with Gasteiger partial charge in [0.1, 0.15) is 23.2 Å². The Labute approximate surface area is 165 Å². The molecule has 0 unspecified atom stereocenters. The van der Waals surface area contributed by atoms with Crippen LogP contribution < -0.4 is 4.74 Å². The third kappa shape index (κ3) is 3.37. The number of carbonyl (C=O) groups is 3. The van der Waals surface area contributed by atoms with Crippen LogP contribution in [0.4, 0.5) is 4.79 Å². The van der Waals surface area contributed by atoms with Crippen LogP contribution in [0.1, 0.15) is 42.4 Å². The molecular formula is C22H26N2O4. The minimum Gasteiger partial charge on any atom is -0.496 e. The molecule has 6 heteroatoms. The molecule has 1 aliphatic carbocycles. The van der Waals surface area contributed by atoms with Crippen LogP contribution in [0, 0.1) is 24.2 Å². The third-order valence-electron chi connectivity index (χ3n) is 5.57. The number of rotatable bonds is 2. The van der Waals surface area contributed by atoms with Gasteiger partial charge in [0, 0.05) is 56.6 Å². The zero-order valence-corrected chi connectivity index (χ0v) is 17.1. The topological polar surface area (TPSA) is 66.9 Å². The van der Waals surface area contributed by atoms with Gasteiger partial charge in [0.15, 0.2) is 0 Å². The molecule has 1 heterocycles. The Morgan fingerprint density at radius 2 is 1.82 bits per heavy atom. The molecule has 28 heavy (non-hydrogen) atoms. The van der Waals surface area contributed by atoms with E-state index in [-0.39, 0.29) is 17.6 Å². The van der Waals surface area contributed by atoms with Crippen LogP contribution in [0.2, 0.25) is 0 Å². The first kappa shape index (κ1) is 19.9. The first-order valence-electron chi connectivity index (χ1n) is 9.34. The Bertz CT molecular complexity index is 881. The van der Waals surface area contributed by atoms with Gasteiger partial charge in [0.2, 0.25) is 0 Å². The van der Waals surface area contributed by atoms with Crippen molar-refractivity contribution >= 4 is 17.6 Å². The summed E-state index contributed by atoms with van der Waals surface area (Å²) in [4.78, 5) is 41.3. The van der Waals surface area contributed by atoms with Crippen molar-refractivity contribution in [1.29, 1.82) is 0 Å². The third-order valence-corrected chi connectivity index (χ3v) is 5.57. The Kier molecular flexibility index (Phi) is 5.20. The van der Waals surface area contributed by atoms with Gasteiger partial charge >= 0.3 is 6.03 Å². The summed E-state index contributed by atoms with van der Waals surface area (Å²) in [6, 6.07) is 3.59. The van der Waals surface area contributed by atoms with Crippen LogP contribution in [0.25, 0.3) is 0 Å². The number of carbonyl (C=O) groups excluding carboxylic acids is 3. The van der Waals surface area contributed by atoms with E-state index in [1.54, 1.807) is 32.0 Å². The number of aryl methyl sites for hydroxylation is 1. The minimum atomic E-state index is -0.803. The fraction of sp³-hybridized carbons (Fsp3) is 0.500. The van der Waals surface area contributed by atoms with Crippen LogP contribution in [-0.2, 0) is 9.59 Å². The highest BCUT2D eigenvalue weighted by Gasteiger charge is 2.54. The van der Waals surface area contributed by atoms with E-state index in [2.05, 4.69) is 11.8 Å². The van der Waals surface area contributed by atoms with Crippen molar-refractivity contribution in [2.75, 3.05) is 34.3 Å². The summed E-state index contributed by atoms with van der Waals surface area (Å²) in [5.74, 6) is 5.38. The molecule has 2 aliphatic rings. The van der Waals surface area contributed by atoms with Crippen LogP contribution in [0.5, 0.6) is 5.75 Å². The highest BCUT2D eigenvalue weighted by Crippen LogP contribution is 2.47.